The highest BCUT2D eigenvalue weighted by atomic mass is 32.1. The molecule has 0 spiro atoms. The molecule has 0 aliphatic rings. The lowest BCUT2D eigenvalue weighted by Gasteiger charge is -1.91. The second-order valence-electron chi connectivity index (χ2n) is 3.82. The highest BCUT2D eigenvalue weighted by Gasteiger charge is 2.09. The maximum atomic E-state index is 5.77. The van der Waals surface area contributed by atoms with E-state index in [-0.39, 0.29) is 0 Å². The molecule has 3 nitrogen and oxygen atoms in total. The van der Waals surface area contributed by atoms with E-state index in [1.165, 1.54) is 0 Å². The van der Waals surface area contributed by atoms with Crippen LogP contribution in [0.25, 0.3) is 21.7 Å². The van der Waals surface area contributed by atoms with Crippen LogP contribution in [0.1, 0.15) is 5.69 Å². The van der Waals surface area contributed by atoms with Gasteiger partial charge in [0.05, 0.1) is 5.69 Å². The molecule has 0 amide bonds. The number of nitrogens with one attached hydrogen (secondary N) is 1. The smallest absolute Gasteiger partial charge is 0.164 e. The van der Waals surface area contributed by atoms with Gasteiger partial charge in [0.1, 0.15) is 5.58 Å². The minimum atomic E-state index is 0.788. The third-order valence-corrected chi connectivity index (χ3v) is 3.45. The zero-order valence-electron chi connectivity index (χ0n) is 9.43. The Morgan fingerprint density at radius 1 is 1.35 bits per heavy atom. The molecule has 86 valence electrons. The van der Waals surface area contributed by atoms with Gasteiger partial charge in [-0.3, -0.25) is 0 Å². The van der Waals surface area contributed by atoms with Crippen molar-refractivity contribution >= 4 is 22.3 Å². The van der Waals surface area contributed by atoms with Gasteiger partial charge in [0.2, 0.25) is 0 Å². The zero-order valence-corrected chi connectivity index (χ0v) is 10.3. The molecule has 0 aliphatic carbocycles. The predicted molar refractivity (Wildman–Crippen MR) is 70.1 cm³/mol. The van der Waals surface area contributed by atoms with Crippen molar-refractivity contribution in [3.63, 3.8) is 0 Å². The number of hydrogen-bond donors (Lipinski definition) is 1. The van der Waals surface area contributed by atoms with Crippen LogP contribution < -0.4 is 5.32 Å². The first-order valence-corrected chi connectivity index (χ1v) is 6.33. The fourth-order valence-corrected chi connectivity index (χ4v) is 2.54. The van der Waals surface area contributed by atoms with Gasteiger partial charge in [-0.25, -0.2) is 4.98 Å². The first kappa shape index (κ1) is 10.5. The van der Waals surface area contributed by atoms with E-state index in [2.05, 4.69) is 15.7 Å². The number of furan rings is 1. The predicted octanol–water partition coefficient (Wildman–Crippen LogP) is 3.28. The Kier molecular flexibility index (Phi) is 2.66. The average Bonchev–Trinajstić information content (AvgIpc) is 2.94. The fourth-order valence-electron chi connectivity index (χ4n) is 1.77. The van der Waals surface area contributed by atoms with Crippen molar-refractivity contribution in [1.29, 1.82) is 0 Å². The first-order chi connectivity index (χ1) is 8.36. The van der Waals surface area contributed by atoms with Gasteiger partial charge in [-0.1, -0.05) is 18.2 Å². The van der Waals surface area contributed by atoms with E-state index in [1.54, 1.807) is 11.3 Å². The van der Waals surface area contributed by atoms with Gasteiger partial charge < -0.3 is 9.73 Å². The third-order valence-electron chi connectivity index (χ3n) is 2.55. The zero-order chi connectivity index (χ0) is 11.7. The largest absolute Gasteiger partial charge is 0.454 e. The minimum absolute atomic E-state index is 0.788. The molecular formula is C13H12N2OS. The van der Waals surface area contributed by atoms with Gasteiger partial charge in [0, 0.05) is 17.3 Å². The molecule has 2 heterocycles. The van der Waals surface area contributed by atoms with Gasteiger partial charge in [0.15, 0.2) is 10.8 Å². The van der Waals surface area contributed by atoms with Crippen molar-refractivity contribution in [3.8, 4) is 10.8 Å². The number of thiazole rings is 1. The van der Waals surface area contributed by atoms with Crippen molar-refractivity contribution in [2.45, 2.75) is 6.54 Å². The molecule has 0 saturated carbocycles. The van der Waals surface area contributed by atoms with E-state index in [1.807, 2.05) is 37.4 Å². The first-order valence-electron chi connectivity index (χ1n) is 5.45. The number of aromatic nitrogens is 1. The summed E-state index contributed by atoms with van der Waals surface area (Å²) in [5, 5.41) is 7.20. The van der Waals surface area contributed by atoms with Crippen LogP contribution in [0.15, 0.2) is 40.1 Å². The van der Waals surface area contributed by atoms with Gasteiger partial charge in [-0.05, 0) is 19.2 Å². The molecule has 1 aromatic carbocycles. The molecule has 2 aromatic heterocycles. The molecule has 0 atom stereocenters. The van der Waals surface area contributed by atoms with Gasteiger partial charge in [-0.2, -0.15) is 0 Å². The number of fused-ring (bicyclic) bond motifs is 1. The minimum Gasteiger partial charge on any atom is -0.454 e. The summed E-state index contributed by atoms with van der Waals surface area (Å²) in [5.41, 5.74) is 1.96. The van der Waals surface area contributed by atoms with E-state index < -0.39 is 0 Å². The van der Waals surface area contributed by atoms with Crippen molar-refractivity contribution in [1.82, 2.24) is 10.3 Å². The van der Waals surface area contributed by atoms with E-state index in [0.29, 0.717) is 0 Å². The Labute approximate surface area is 103 Å². The topological polar surface area (TPSA) is 38.1 Å². The number of hydrogen-bond acceptors (Lipinski definition) is 4. The van der Waals surface area contributed by atoms with Crippen LogP contribution in [0.4, 0.5) is 0 Å². The summed E-state index contributed by atoms with van der Waals surface area (Å²) in [4.78, 5) is 4.53. The van der Waals surface area contributed by atoms with Crippen LogP contribution in [0.2, 0.25) is 0 Å². The molecule has 3 rings (SSSR count). The summed E-state index contributed by atoms with van der Waals surface area (Å²) in [6.07, 6.45) is 0. The Balaban J connectivity index is 2.01. The van der Waals surface area contributed by atoms with E-state index in [9.17, 15) is 0 Å². The van der Waals surface area contributed by atoms with E-state index in [4.69, 9.17) is 4.42 Å². The van der Waals surface area contributed by atoms with Crippen LogP contribution in [0.5, 0.6) is 0 Å². The number of benzene rings is 1. The molecule has 0 radical (unpaired) electrons. The summed E-state index contributed by atoms with van der Waals surface area (Å²) in [6.45, 7) is 0.788. The van der Waals surface area contributed by atoms with Crippen LogP contribution in [-0.2, 0) is 6.54 Å². The lowest BCUT2D eigenvalue weighted by Crippen LogP contribution is -2.04. The highest BCUT2D eigenvalue weighted by Crippen LogP contribution is 2.29. The summed E-state index contributed by atoms with van der Waals surface area (Å²) in [7, 11) is 1.92. The van der Waals surface area contributed by atoms with E-state index in [0.717, 1.165) is 34.0 Å². The van der Waals surface area contributed by atoms with Gasteiger partial charge >= 0.3 is 0 Å². The maximum Gasteiger partial charge on any atom is 0.164 e. The quantitative estimate of drug-likeness (QED) is 0.768. The monoisotopic (exact) mass is 244 g/mol. The maximum absolute atomic E-state index is 5.77. The molecule has 4 heteroatoms. The molecular weight excluding hydrogens is 232 g/mol. The molecule has 3 aromatic rings. The Morgan fingerprint density at radius 3 is 3.06 bits per heavy atom. The number of rotatable bonds is 3. The summed E-state index contributed by atoms with van der Waals surface area (Å²) < 4.78 is 5.77. The van der Waals surface area contributed by atoms with E-state index >= 15 is 0 Å². The molecule has 0 unspecified atom stereocenters. The summed E-state index contributed by atoms with van der Waals surface area (Å²) >= 11 is 1.61. The second kappa shape index (κ2) is 4.31. The third kappa shape index (κ3) is 1.97. The molecule has 0 saturated heterocycles. The Hall–Kier alpha value is -1.65. The second-order valence-corrected chi connectivity index (χ2v) is 4.68. The SMILES string of the molecule is CNCc1csc(-c2cc3ccccc3o2)n1. The van der Waals surface area contributed by atoms with Crippen LogP contribution in [0.3, 0.4) is 0 Å². The molecule has 0 bridgehead atoms. The normalized spacial score (nSPS) is 11.1. The lowest BCUT2D eigenvalue weighted by molar-refractivity contribution is 0.630. The van der Waals surface area contributed by atoms with Gasteiger partial charge in [-0.15, -0.1) is 11.3 Å². The van der Waals surface area contributed by atoms with Gasteiger partial charge in [0.25, 0.3) is 0 Å². The van der Waals surface area contributed by atoms with Crippen LogP contribution >= 0.6 is 11.3 Å². The molecule has 0 aliphatic heterocycles. The van der Waals surface area contributed by atoms with Crippen molar-refractivity contribution in [3.05, 3.63) is 41.4 Å². The molecule has 1 N–H and O–H groups in total. The molecule has 0 fully saturated rings. The van der Waals surface area contributed by atoms with Crippen molar-refractivity contribution < 1.29 is 4.42 Å². The summed E-state index contributed by atoms with van der Waals surface area (Å²) in [6, 6.07) is 10.0. The lowest BCUT2D eigenvalue weighted by atomic mass is 10.2. The average molecular weight is 244 g/mol. The number of nitrogens with zero attached hydrogens (tertiary/aromatic N) is 1. The van der Waals surface area contributed by atoms with Crippen LogP contribution in [0, 0.1) is 0 Å². The van der Waals surface area contributed by atoms with Crippen molar-refractivity contribution in [2.24, 2.45) is 0 Å². The Bertz CT molecular complexity index is 608. The fraction of sp³-hybridized carbons (Fsp3) is 0.154. The Morgan fingerprint density at radius 2 is 2.24 bits per heavy atom. The van der Waals surface area contributed by atoms with Crippen molar-refractivity contribution in [2.75, 3.05) is 7.05 Å². The van der Waals surface area contributed by atoms with Crippen LogP contribution in [-0.4, -0.2) is 12.0 Å². The number of para-hydroxylation sites is 1. The summed E-state index contributed by atoms with van der Waals surface area (Å²) in [5.74, 6) is 0.846. The standard InChI is InChI=1S/C13H12N2OS/c1-14-7-10-8-17-13(15-10)12-6-9-4-2-3-5-11(9)16-12/h2-6,8,14H,7H2,1H3. The molecule has 17 heavy (non-hydrogen) atoms. The highest BCUT2D eigenvalue weighted by molar-refractivity contribution is 7.13.